The molecule has 0 amide bonds. The van der Waals surface area contributed by atoms with E-state index in [0.29, 0.717) is 0 Å². The number of halogens is 2. The van der Waals surface area contributed by atoms with Crippen molar-refractivity contribution in [3.63, 3.8) is 0 Å². The van der Waals surface area contributed by atoms with Crippen LogP contribution in [0.4, 0.5) is 0 Å². The maximum absolute atomic E-state index is 6.47. The van der Waals surface area contributed by atoms with E-state index in [1.165, 1.54) is 5.56 Å². The molecular weight excluding hydrogens is 221 g/mol. The van der Waals surface area contributed by atoms with Crippen LogP contribution in [0, 0.1) is 0 Å². The number of hydrogen-bond donors (Lipinski definition) is 2. The van der Waals surface area contributed by atoms with Crippen molar-refractivity contribution >= 4 is 24.3 Å². The molecule has 0 aliphatic heterocycles. The van der Waals surface area contributed by atoms with Crippen LogP contribution in [0.15, 0.2) is 43.0 Å². The Kier molecular flexibility index (Phi) is 14.2. The normalized spacial score (nSPS) is 7.86. The number of benzene rings is 1. The quantitative estimate of drug-likeness (QED) is 0.621. The van der Waals surface area contributed by atoms with Gasteiger partial charge in [0, 0.05) is 13.1 Å². The van der Waals surface area contributed by atoms with E-state index in [1.807, 2.05) is 24.3 Å². The summed E-state index contributed by atoms with van der Waals surface area (Å²) in [5.74, 6) is 0. The van der Waals surface area contributed by atoms with Gasteiger partial charge in [-0.05, 0) is 5.56 Å². The lowest BCUT2D eigenvalue weighted by molar-refractivity contribution is 0.632. The van der Waals surface area contributed by atoms with E-state index >= 15 is 0 Å². The van der Waals surface area contributed by atoms with Gasteiger partial charge < -0.3 is 5.32 Å². The van der Waals surface area contributed by atoms with Gasteiger partial charge in [-0.1, -0.05) is 36.4 Å². The van der Waals surface area contributed by atoms with Crippen molar-refractivity contribution in [2.24, 2.45) is 0 Å². The lowest BCUT2D eigenvalue weighted by Crippen LogP contribution is -2.12. The van der Waals surface area contributed by atoms with Gasteiger partial charge in [-0.2, -0.15) is 0 Å². The minimum atomic E-state index is 0. The highest BCUT2D eigenvalue weighted by atomic mass is 35.5. The zero-order valence-electron chi connectivity index (χ0n) is 7.82. The molecule has 0 atom stereocenters. The van der Waals surface area contributed by atoms with Crippen LogP contribution in [0.1, 0.15) is 5.56 Å². The van der Waals surface area contributed by atoms with Crippen LogP contribution in [0.5, 0.6) is 0 Å². The second-order valence-electron chi connectivity index (χ2n) is 2.41. The first kappa shape index (κ1) is 15.9. The van der Waals surface area contributed by atoms with Crippen LogP contribution in [0.2, 0.25) is 0 Å². The van der Waals surface area contributed by atoms with Gasteiger partial charge in [0.15, 0.2) is 0 Å². The van der Waals surface area contributed by atoms with Crippen LogP contribution < -0.4 is 5.32 Å². The fraction of sp³-hybridized carbons (Fsp3) is 0.200. The Morgan fingerprint density at radius 3 is 2.36 bits per heavy atom. The van der Waals surface area contributed by atoms with Gasteiger partial charge in [0.05, 0.1) is 11.9 Å². The highest BCUT2D eigenvalue weighted by Crippen LogP contribution is 1.96. The van der Waals surface area contributed by atoms with Crippen molar-refractivity contribution in [1.82, 2.24) is 5.32 Å². The lowest BCUT2D eigenvalue weighted by Gasteiger charge is -1.99. The summed E-state index contributed by atoms with van der Waals surface area (Å²) in [5.41, 5.74) is 1.31. The van der Waals surface area contributed by atoms with Crippen LogP contribution in [0.3, 0.4) is 0 Å². The molecule has 80 valence electrons. The number of nitrogens with one attached hydrogen (secondary N) is 1. The first-order valence-electron chi connectivity index (χ1n) is 3.96. The van der Waals surface area contributed by atoms with Gasteiger partial charge in [-0.3, -0.25) is 4.66 Å². The molecule has 14 heavy (non-hydrogen) atoms. The summed E-state index contributed by atoms with van der Waals surface area (Å²) in [7, 11) is 0. The van der Waals surface area contributed by atoms with Crippen molar-refractivity contribution < 1.29 is 4.66 Å². The van der Waals surface area contributed by atoms with E-state index < -0.39 is 0 Å². The van der Waals surface area contributed by atoms with E-state index in [1.54, 1.807) is 0 Å². The molecule has 0 heterocycles. The van der Waals surface area contributed by atoms with Crippen molar-refractivity contribution in [3.05, 3.63) is 48.6 Å². The van der Waals surface area contributed by atoms with Gasteiger partial charge in [-0.25, -0.2) is 0 Å². The van der Waals surface area contributed by atoms with Crippen molar-refractivity contribution in [2.45, 2.75) is 6.54 Å². The maximum atomic E-state index is 6.47. The molecule has 4 heteroatoms. The average molecular weight is 236 g/mol. The van der Waals surface area contributed by atoms with Gasteiger partial charge in [-0.15, -0.1) is 19.0 Å². The zero-order chi connectivity index (χ0) is 9.94. The van der Waals surface area contributed by atoms with Crippen LogP contribution in [-0.4, -0.2) is 11.2 Å². The van der Waals surface area contributed by atoms with Crippen molar-refractivity contribution in [1.29, 1.82) is 0 Å². The molecule has 0 aromatic heterocycles. The first-order chi connectivity index (χ1) is 6.43. The van der Waals surface area contributed by atoms with E-state index in [4.69, 9.17) is 4.66 Å². The Morgan fingerprint density at radius 1 is 1.29 bits per heavy atom. The monoisotopic (exact) mass is 235 g/mol. The molecule has 0 radical (unpaired) electrons. The summed E-state index contributed by atoms with van der Waals surface area (Å²) in [4.78, 5) is 0. The summed E-state index contributed by atoms with van der Waals surface area (Å²) in [6.07, 6.45) is 1.86. The molecule has 0 saturated heterocycles. The van der Waals surface area contributed by atoms with E-state index in [-0.39, 0.29) is 12.4 Å². The second kappa shape index (κ2) is 12.5. The fourth-order valence-electron chi connectivity index (χ4n) is 0.914. The molecule has 1 aromatic carbocycles. The Bertz CT molecular complexity index is 217. The summed E-state index contributed by atoms with van der Waals surface area (Å²) in [6, 6.07) is 10.3. The van der Waals surface area contributed by atoms with E-state index in [0.717, 1.165) is 13.1 Å². The Balaban J connectivity index is 0. The first-order valence-corrected chi connectivity index (χ1v) is 4.29. The molecule has 1 aromatic rings. The third kappa shape index (κ3) is 8.08. The third-order valence-corrected chi connectivity index (χ3v) is 1.46. The molecule has 0 aliphatic rings. The molecular formula is C10H15Cl2NO. The van der Waals surface area contributed by atoms with Crippen LogP contribution >= 0.6 is 24.3 Å². The van der Waals surface area contributed by atoms with E-state index in [2.05, 4.69) is 35.9 Å². The number of rotatable bonds is 4. The molecule has 1 rings (SSSR count). The van der Waals surface area contributed by atoms with Gasteiger partial charge in [0.2, 0.25) is 0 Å². The van der Waals surface area contributed by atoms with Crippen LogP contribution in [-0.2, 0) is 6.54 Å². The predicted octanol–water partition coefficient (Wildman–Crippen LogP) is 2.52. The smallest absolute Gasteiger partial charge is 0.0579 e. The van der Waals surface area contributed by atoms with Crippen molar-refractivity contribution in [3.8, 4) is 0 Å². The van der Waals surface area contributed by atoms with Gasteiger partial charge in [0.1, 0.15) is 0 Å². The highest BCUT2D eigenvalue weighted by molar-refractivity contribution is 6.04. The minimum absolute atomic E-state index is 0. The Morgan fingerprint density at radius 2 is 1.86 bits per heavy atom. The maximum Gasteiger partial charge on any atom is 0.0579 e. The molecule has 0 aliphatic carbocycles. The zero-order valence-corrected chi connectivity index (χ0v) is 9.39. The standard InChI is InChI=1S/C10H13N.ClHO.ClH/c1-2-8-11-9-10-6-4-3-5-7-10;1-2;/h2-7,11H,1,8-9H2;2H;1H. The molecule has 2 N–H and O–H groups in total. The van der Waals surface area contributed by atoms with Gasteiger partial charge >= 0.3 is 0 Å². The lowest BCUT2D eigenvalue weighted by atomic mass is 10.2. The molecule has 0 bridgehead atoms. The third-order valence-electron chi connectivity index (χ3n) is 1.46. The topological polar surface area (TPSA) is 32.3 Å². The second-order valence-corrected chi connectivity index (χ2v) is 2.41. The summed E-state index contributed by atoms with van der Waals surface area (Å²) in [6.45, 7) is 5.42. The summed E-state index contributed by atoms with van der Waals surface area (Å²) < 4.78 is 6.47. The predicted molar refractivity (Wildman–Crippen MR) is 63.7 cm³/mol. The molecule has 2 nitrogen and oxygen atoms in total. The fourth-order valence-corrected chi connectivity index (χ4v) is 0.914. The molecule has 0 unspecified atom stereocenters. The largest absolute Gasteiger partial charge is 0.309 e. The van der Waals surface area contributed by atoms with Crippen LogP contribution in [0.25, 0.3) is 0 Å². The van der Waals surface area contributed by atoms with Gasteiger partial charge in [0.25, 0.3) is 0 Å². The molecule has 0 saturated carbocycles. The van der Waals surface area contributed by atoms with Crippen molar-refractivity contribution in [2.75, 3.05) is 6.54 Å². The highest BCUT2D eigenvalue weighted by Gasteiger charge is 1.86. The molecule has 0 fully saturated rings. The number of hydrogen-bond acceptors (Lipinski definition) is 2. The Hall–Kier alpha value is -0.540. The minimum Gasteiger partial charge on any atom is -0.309 e. The SMILES string of the molecule is C=CCNCc1ccccc1.Cl.OCl. The Labute approximate surface area is 96.2 Å². The molecule has 0 spiro atoms. The summed E-state index contributed by atoms with van der Waals surface area (Å²) in [5, 5.41) is 3.23. The van der Waals surface area contributed by atoms with E-state index in [9.17, 15) is 0 Å². The summed E-state index contributed by atoms with van der Waals surface area (Å²) >= 11 is 3.64. The average Bonchev–Trinajstić information content (AvgIpc) is 2.23.